The molecule has 4 heteroatoms. The van der Waals surface area contributed by atoms with E-state index in [1.54, 1.807) is 25.1 Å². The molecule has 2 rings (SSSR count). The van der Waals surface area contributed by atoms with E-state index in [0.29, 0.717) is 4.90 Å². The van der Waals surface area contributed by atoms with Gasteiger partial charge in [0, 0.05) is 11.8 Å². The highest BCUT2D eigenvalue weighted by molar-refractivity contribution is 7.95. The third kappa shape index (κ3) is 1.80. The van der Waals surface area contributed by atoms with Gasteiger partial charge < -0.3 is 0 Å². The van der Waals surface area contributed by atoms with E-state index in [-0.39, 0.29) is 12.2 Å². The van der Waals surface area contributed by atoms with Crippen LogP contribution in [0.4, 0.5) is 0 Å². The second kappa shape index (κ2) is 3.56. The van der Waals surface area contributed by atoms with E-state index < -0.39 is 9.84 Å². The van der Waals surface area contributed by atoms with Crippen LogP contribution in [-0.2, 0) is 21.1 Å². The first-order chi connectivity index (χ1) is 7.40. The fraction of sp³-hybridized carbons (Fsp3) is 0.250. The van der Waals surface area contributed by atoms with Crippen LogP contribution in [0.1, 0.15) is 25.0 Å². The summed E-state index contributed by atoms with van der Waals surface area (Å²) in [5, 5.41) is 1.27. The lowest BCUT2D eigenvalue weighted by Gasteiger charge is -2.03. The van der Waals surface area contributed by atoms with Crippen molar-refractivity contribution in [3.63, 3.8) is 0 Å². The molecule has 0 N–H and O–H groups in total. The van der Waals surface area contributed by atoms with Crippen LogP contribution < -0.4 is 0 Å². The van der Waals surface area contributed by atoms with Crippen LogP contribution in [0.25, 0.3) is 5.57 Å². The molecule has 0 aliphatic carbocycles. The number of sulfone groups is 1. The molecule has 0 fully saturated rings. The topological polar surface area (TPSA) is 51.2 Å². The van der Waals surface area contributed by atoms with E-state index >= 15 is 0 Å². The van der Waals surface area contributed by atoms with Gasteiger partial charge in [-0.3, -0.25) is 4.79 Å². The van der Waals surface area contributed by atoms with Gasteiger partial charge >= 0.3 is 0 Å². The third-order valence-electron chi connectivity index (χ3n) is 2.56. The quantitative estimate of drug-likeness (QED) is 0.788. The number of hydrogen-bond acceptors (Lipinski definition) is 3. The second-order valence-corrected chi connectivity index (χ2v) is 5.82. The number of carbonyl (C=O) groups is 1. The molecule has 0 atom stereocenters. The normalized spacial score (nSPS) is 16.8. The van der Waals surface area contributed by atoms with Crippen molar-refractivity contribution in [1.29, 1.82) is 0 Å². The van der Waals surface area contributed by atoms with Crippen molar-refractivity contribution < 1.29 is 13.2 Å². The number of benzene rings is 1. The molecule has 0 unspecified atom stereocenters. The zero-order valence-electron chi connectivity index (χ0n) is 9.15. The average Bonchev–Trinajstić information content (AvgIpc) is 2.36. The Morgan fingerprint density at radius 1 is 1.31 bits per heavy atom. The highest BCUT2D eigenvalue weighted by Crippen LogP contribution is 2.33. The number of allylic oxidation sites excluding steroid dienone is 1. The molecule has 0 spiro atoms. The summed E-state index contributed by atoms with van der Waals surface area (Å²) in [6.45, 7) is 3.26. The predicted octanol–water partition coefficient (Wildman–Crippen LogP) is 1.97. The Morgan fingerprint density at radius 3 is 2.62 bits per heavy atom. The lowest BCUT2D eigenvalue weighted by atomic mass is 10.0. The van der Waals surface area contributed by atoms with Gasteiger partial charge in [-0.05, 0) is 36.6 Å². The van der Waals surface area contributed by atoms with Crippen LogP contribution in [-0.4, -0.2) is 14.2 Å². The van der Waals surface area contributed by atoms with E-state index in [1.165, 1.54) is 12.3 Å². The molecule has 3 nitrogen and oxygen atoms in total. The fourth-order valence-electron chi connectivity index (χ4n) is 1.89. The zero-order valence-corrected chi connectivity index (χ0v) is 9.97. The number of carbonyl (C=O) groups excluding carboxylic acids is 1. The average molecular weight is 236 g/mol. The molecule has 0 bridgehead atoms. The standard InChI is InChI=1S/C12H12O3S/c1-8-7-16(14,15)12-6-10(5-9(2)13)3-4-11(8)12/h3-4,6-7H,5H2,1-2H3. The first-order valence-electron chi connectivity index (χ1n) is 4.96. The fourth-order valence-corrected chi connectivity index (χ4v) is 3.46. The number of hydrogen-bond donors (Lipinski definition) is 0. The van der Waals surface area contributed by atoms with Crippen LogP contribution >= 0.6 is 0 Å². The molecule has 1 aliphatic heterocycles. The molecule has 0 aromatic heterocycles. The molecule has 16 heavy (non-hydrogen) atoms. The van der Waals surface area contributed by atoms with E-state index in [4.69, 9.17) is 0 Å². The summed E-state index contributed by atoms with van der Waals surface area (Å²) in [5.74, 6) is 0.0278. The molecule has 0 amide bonds. The summed E-state index contributed by atoms with van der Waals surface area (Å²) < 4.78 is 23.5. The van der Waals surface area contributed by atoms with Crippen molar-refractivity contribution in [2.75, 3.05) is 0 Å². The van der Waals surface area contributed by atoms with E-state index in [0.717, 1.165) is 16.7 Å². The SMILES string of the molecule is CC(=O)Cc1ccc2c(c1)S(=O)(=O)C=C2C. The van der Waals surface area contributed by atoms with Crippen molar-refractivity contribution in [3.05, 3.63) is 34.7 Å². The van der Waals surface area contributed by atoms with Gasteiger partial charge in [-0.25, -0.2) is 8.42 Å². The molecule has 0 saturated heterocycles. The molecule has 1 aromatic rings. The summed E-state index contributed by atoms with van der Waals surface area (Å²) in [6.07, 6.45) is 0.280. The predicted molar refractivity (Wildman–Crippen MR) is 61.7 cm³/mol. The van der Waals surface area contributed by atoms with Crippen molar-refractivity contribution in [1.82, 2.24) is 0 Å². The number of fused-ring (bicyclic) bond motifs is 1. The summed E-state index contributed by atoms with van der Waals surface area (Å²) in [4.78, 5) is 11.3. The first kappa shape index (κ1) is 11.1. The largest absolute Gasteiger partial charge is 0.300 e. The zero-order chi connectivity index (χ0) is 11.9. The summed E-state index contributed by atoms with van der Waals surface area (Å²) in [7, 11) is -3.29. The maximum atomic E-state index is 11.7. The first-order valence-corrected chi connectivity index (χ1v) is 6.51. The van der Waals surface area contributed by atoms with Gasteiger partial charge in [0.1, 0.15) is 5.78 Å². The maximum absolute atomic E-state index is 11.7. The summed E-state index contributed by atoms with van der Waals surface area (Å²) in [6, 6.07) is 5.17. The highest BCUT2D eigenvalue weighted by Gasteiger charge is 2.24. The van der Waals surface area contributed by atoms with Gasteiger partial charge in [-0.2, -0.15) is 0 Å². The molecule has 1 aromatic carbocycles. The maximum Gasteiger partial charge on any atom is 0.200 e. The van der Waals surface area contributed by atoms with Crippen LogP contribution in [0, 0.1) is 0 Å². The molecule has 0 saturated carbocycles. The lowest BCUT2D eigenvalue weighted by molar-refractivity contribution is -0.116. The van der Waals surface area contributed by atoms with Crippen molar-refractivity contribution >= 4 is 21.2 Å². The van der Waals surface area contributed by atoms with Crippen LogP contribution in [0.3, 0.4) is 0 Å². The van der Waals surface area contributed by atoms with Gasteiger partial charge in [0.15, 0.2) is 0 Å². The second-order valence-electron chi connectivity index (χ2n) is 4.06. The Balaban J connectivity index is 2.54. The Morgan fingerprint density at radius 2 is 2.00 bits per heavy atom. The van der Waals surface area contributed by atoms with E-state index in [9.17, 15) is 13.2 Å². The van der Waals surface area contributed by atoms with Gasteiger partial charge in [-0.1, -0.05) is 12.1 Å². The molecule has 0 radical (unpaired) electrons. The van der Waals surface area contributed by atoms with Crippen LogP contribution in [0.5, 0.6) is 0 Å². The van der Waals surface area contributed by atoms with Crippen molar-refractivity contribution in [2.45, 2.75) is 25.2 Å². The van der Waals surface area contributed by atoms with Gasteiger partial charge in [0.05, 0.1) is 4.90 Å². The van der Waals surface area contributed by atoms with E-state index in [2.05, 4.69) is 0 Å². The Bertz CT molecular complexity index is 595. The molecular weight excluding hydrogens is 224 g/mol. The number of Topliss-reactive ketones (excluding diaryl/α,β-unsaturated/α-hetero) is 1. The van der Waals surface area contributed by atoms with Crippen LogP contribution in [0.2, 0.25) is 0 Å². The Kier molecular flexibility index (Phi) is 2.46. The minimum Gasteiger partial charge on any atom is -0.300 e. The number of rotatable bonds is 2. The number of ketones is 1. The van der Waals surface area contributed by atoms with Gasteiger partial charge in [0.2, 0.25) is 9.84 Å². The molecule has 1 aliphatic rings. The monoisotopic (exact) mass is 236 g/mol. The van der Waals surface area contributed by atoms with Crippen LogP contribution in [0.15, 0.2) is 28.5 Å². The molecule has 1 heterocycles. The summed E-state index contributed by atoms with van der Waals surface area (Å²) >= 11 is 0. The van der Waals surface area contributed by atoms with Crippen molar-refractivity contribution in [3.8, 4) is 0 Å². The Hall–Kier alpha value is -1.42. The van der Waals surface area contributed by atoms with E-state index in [1.807, 2.05) is 0 Å². The van der Waals surface area contributed by atoms with Gasteiger partial charge in [-0.15, -0.1) is 0 Å². The smallest absolute Gasteiger partial charge is 0.200 e. The molecule has 84 valence electrons. The summed E-state index contributed by atoms with van der Waals surface area (Å²) in [5.41, 5.74) is 2.25. The Labute approximate surface area is 94.7 Å². The minimum atomic E-state index is -3.29. The van der Waals surface area contributed by atoms with Gasteiger partial charge in [0.25, 0.3) is 0 Å². The lowest BCUT2D eigenvalue weighted by Crippen LogP contribution is -1.99. The minimum absolute atomic E-state index is 0.0278. The highest BCUT2D eigenvalue weighted by atomic mass is 32.2. The van der Waals surface area contributed by atoms with Crippen molar-refractivity contribution in [2.24, 2.45) is 0 Å². The molecular formula is C12H12O3S. The third-order valence-corrected chi connectivity index (χ3v) is 4.18.